The molecule has 2 N–H and O–H groups in total. The Morgan fingerprint density at radius 1 is 1.10 bits per heavy atom. The molecule has 3 aromatic heterocycles. The van der Waals surface area contributed by atoms with Gasteiger partial charge < -0.3 is 14.6 Å². The zero-order chi connectivity index (χ0) is 14.4. The summed E-state index contributed by atoms with van der Waals surface area (Å²) in [5.41, 5.74) is 8.98. The van der Waals surface area contributed by atoms with Crippen LogP contribution in [0.1, 0.15) is 5.56 Å². The third kappa shape index (κ3) is 1.55. The first kappa shape index (κ1) is 11.6. The summed E-state index contributed by atoms with van der Waals surface area (Å²) in [4.78, 5) is 0. The molecule has 4 heteroatoms. The van der Waals surface area contributed by atoms with Crippen LogP contribution in [0.3, 0.4) is 0 Å². The molecule has 0 unspecified atom stereocenters. The molecule has 0 bridgehead atoms. The number of furan rings is 1. The van der Waals surface area contributed by atoms with Crippen LogP contribution in [-0.2, 0) is 0 Å². The summed E-state index contributed by atoms with van der Waals surface area (Å²) in [6.07, 6.45) is 1.84. The molecule has 100 valence electrons. The summed E-state index contributed by atoms with van der Waals surface area (Å²) in [5.74, 6) is 1.13. The van der Waals surface area contributed by atoms with Gasteiger partial charge in [-0.3, -0.25) is 0 Å². The van der Waals surface area contributed by atoms with Gasteiger partial charge in [-0.25, -0.2) is 0 Å². The molecule has 0 saturated carbocycles. The lowest BCUT2D eigenvalue weighted by atomic mass is 10.1. The fraction of sp³-hybridized carbons (Fsp3) is 0. The number of nitrogens with zero attached hydrogens (tertiary/aromatic N) is 2. The Hall–Kier alpha value is -3.19. The predicted octanol–water partition coefficient (Wildman–Crippen LogP) is 3.81. The molecule has 0 aliphatic rings. The molecule has 4 rings (SSSR count). The highest BCUT2D eigenvalue weighted by molar-refractivity contribution is 5.91. The second kappa shape index (κ2) is 4.15. The summed E-state index contributed by atoms with van der Waals surface area (Å²) in [7, 11) is 0. The van der Waals surface area contributed by atoms with Crippen molar-refractivity contribution in [3.05, 3.63) is 60.3 Å². The summed E-state index contributed by atoms with van der Waals surface area (Å²) >= 11 is 0. The molecule has 0 aliphatic heterocycles. The van der Waals surface area contributed by atoms with E-state index in [1.807, 2.05) is 54.7 Å². The SMILES string of the molecule is N#Cc1c(-c2cc3ccccc3o2)c(N)n2ccccc12. The largest absolute Gasteiger partial charge is 0.456 e. The Balaban J connectivity index is 2.10. The van der Waals surface area contributed by atoms with E-state index in [1.165, 1.54) is 0 Å². The average molecular weight is 273 g/mol. The number of benzene rings is 1. The minimum Gasteiger partial charge on any atom is -0.456 e. The van der Waals surface area contributed by atoms with Crippen LogP contribution in [-0.4, -0.2) is 4.40 Å². The van der Waals surface area contributed by atoms with Gasteiger partial charge in [0.25, 0.3) is 0 Å². The van der Waals surface area contributed by atoms with E-state index in [2.05, 4.69) is 6.07 Å². The van der Waals surface area contributed by atoms with Gasteiger partial charge in [-0.05, 0) is 24.3 Å². The number of fused-ring (bicyclic) bond motifs is 2. The highest BCUT2D eigenvalue weighted by Crippen LogP contribution is 2.37. The molecule has 0 saturated heterocycles. The molecule has 4 aromatic rings. The Labute approximate surface area is 120 Å². The number of pyridine rings is 1. The molecule has 1 aromatic carbocycles. The number of rotatable bonds is 1. The van der Waals surface area contributed by atoms with Crippen LogP contribution >= 0.6 is 0 Å². The maximum atomic E-state index is 9.51. The molecule has 3 heterocycles. The third-order valence-corrected chi connectivity index (χ3v) is 3.67. The molecule has 4 nitrogen and oxygen atoms in total. The van der Waals surface area contributed by atoms with Gasteiger partial charge in [0.05, 0.1) is 16.6 Å². The lowest BCUT2D eigenvalue weighted by molar-refractivity contribution is 0.632. The molecular weight excluding hydrogens is 262 g/mol. The molecule has 0 fully saturated rings. The van der Waals surface area contributed by atoms with E-state index in [-0.39, 0.29) is 0 Å². The van der Waals surface area contributed by atoms with Crippen molar-refractivity contribution in [2.24, 2.45) is 0 Å². The van der Waals surface area contributed by atoms with Crippen molar-refractivity contribution >= 4 is 22.3 Å². The van der Waals surface area contributed by atoms with Crippen molar-refractivity contribution in [2.75, 3.05) is 5.73 Å². The number of hydrogen-bond donors (Lipinski definition) is 1. The Bertz CT molecular complexity index is 985. The first-order chi connectivity index (χ1) is 10.3. The molecule has 0 amide bonds. The van der Waals surface area contributed by atoms with E-state index in [0.29, 0.717) is 22.7 Å². The van der Waals surface area contributed by atoms with Crippen LogP contribution in [0.25, 0.3) is 27.8 Å². The second-order valence-corrected chi connectivity index (χ2v) is 4.85. The van der Waals surface area contributed by atoms with Crippen LogP contribution < -0.4 is 5.73 Å². The molecular formula is C17H11N3O. The molecule has 0 aliphatic carbocycles. The summed E-state index contributed by atoms with van der Waals surface area (Å²) in [6, 6.07) is 17.5. The number of nitrogen functional groups attached to an aromatic ring is 1. The van der Waals surface area contributed by atoms with E-state index in [9.17, 15) is 5.26 Å². The van der Waals surface area contributed by atoms with Crippen LogP contribution in [0.4, 0.5) is 5.82 Å². The van der Waals surface area contributed by atoms with Crippen molar-refractivity contribution in [1.82, 2.24) is 4.40 Å². The highest BCUT2D eigenvalue weighted by Gasteiger charge is 2.20. The Kier molecular flexibility index (Phi) is 2.30. The van der Waals surface area contributed by atoms with Crippen LogP contribution in [0.15, 0.2) is 59.1 Å². The van der Waals surface area contributed by atoms with Crippen molar-refractivity contribution in [3.8, 4) is 17.4 Å². The minimum absolute atomic E-state index is 0.515. The zero-order valence-electron chi connectivity index (χ0n) is 11.1. The van der Waals surface area contributed by atoms with Gasteiger partial charge >= 0.3 is 0 Å². The maximum Gasteiger partial charge on any atom is 0.140 e. The van der Waals surface area contributed by atoms with Gasteiger partial charge in [-0.2, -0.15) is 5.26 Å². The maximum absolute atomic E-state index is 9.51. The van der Waals surface area contributed by atoms with Crippen LogP contribution in [0.5, 0.6) is 0 Å². The van der Waals surface area contributed by atoms with E-state index in [1.54, 1.807) is 4.40 Å². The highest BCUT2D eigenvalue weighted by atomic mass is 16.3. The van der Waals surface area contributed by atoms with E-state index < -0.39 is 0 Å². The van der Waals surface area contributed by atoms with Crippen LogP contribution in [0.2, 0.25) is 0 Å². The number of nitrogens with two attached hydrogens (primary N) is 1. The monoisotopic (exact) mass is 273 g/mol. The number of nitriles is 1. The van der Waals surface area contributed by atoms with Crippen LogP contribution in [0, 0.1) is 11.3 Å². The van der Waals surface area contributed by atoms with Gasteiger partial charge in [0.2, 0.25) is 0 Å². The average Bonchev–Trinajstić information content (AvgIpc) is 3.06. The fourth-order valence-corrected chi connectivity index (χ4v) is 2.70. The van der Waals surface area contributed by atoms with Crippen molar-refractivity contribution in [3.63, 3.8) is 0 Å². The van der Waals surface area contributed by atoms with Gasteiger partial charge in [-0.15, -0.1) is 0 Å². The Morgan fingerprint density at radius 2 is 1.90 bits per heavy atom. The topological polar surface area (TPSA) is 67.4 Å². The minimum atomic E-state index is 0.515. The molecule has 21 heavy (non-hydrogen) atoms. The first-order valence-corrected chi connectivity index (χ1v) is 6.57. The summed E-state index contributed by atoms with van der Waals surface area (Å²) < 4.78 is 7.67. The van der Waals surface area contributed by atoms with Crippen molar-refractivity contribution in [2.45, 2.75) is 0 Å². The van der Waals surface area contributed by atoms with Crippen molar-refractivity contribution in [1.29, 1.82) is 5.26 Å². The van der Waals surface area contributed by atoms with Gasteiger partial charge in [0.15, 0.2) is 0 Å². The number of hydrogen-bond acceptors (Lipinski definition) is 3. The lowest BCUT2D eigenvalue weighted by Crippen LogP contribution is -1.92. The lowest BCUT2D eigenvalue weighted by Gasteiger charge is -1.97. The first-order valence-electron chi connectivity index (χ1n) is 6.57. The number of para-hydroxylation sites is 1. The van der Waals surface area contributed by atoms with E-state index >= 15 is 0 Å². The number of anilines is 1. The van der Waals surface area contributed by atoms with E-state index in [0.717, 1.165) is 16.5 Å². The zero-order valence-corrected chi connectivity index (χ0v) is 11.1. The Morgan fingerprint density at radius 3 is 2.71 bits per heavy atom. The smallest absolute Gasteiger partial charge is 0.140 e. The predicted molar refractivity (Wildman–Crippen MR) is 81.7 cm³/mol. The summed E-state index contributed by atoms with van der Waals surface area (Å²) in [5, 5.41) is 10.5. The fourth-order valence-electron chi connectivity index (χ4n) is 2.70. The normalized spacial score (nSPS) is 11.0. The molecule has 0 radical (unpaired) electrons. The van der Waals surface area contributed by atoms with Crippen molar-refractivity contribution < 1.29 is 4.42 Å². The number of aromatic nitrogens is 1. The summed E-state index contributed by atoms with van der Waals surface area (Å²) in [6.45, 7) is 0. The third-order valence-electron chi connectivity index (χ3n) is 3.67. The molecule has 0 atom stereocenters. The van der Waals surface area contributed by atoms with Gasteiger partial charge in [-0.1, -0.05) is 24.3 Å². The quantitative estimate of drug-likeness (QED) is 0.573. The second-order valence-electron chi connectivity index (χ2n) is 4.85. The van der Waals surface area contributed by atoms with Gasteiger partial charge in [0, 0.05) is 11.6 Å². The van der Waals surface area contributed by atoms with Gasteiger partial charge in [0.1, 0.15) is 23.2 Å². The van der Waals surface area contributed by atoms with E-state index in [4.69, 9.17) is 10.2 Å². The molecule has 0 spiro atoms. The standard InChI is InChI=1S/C17H11N3O/c18-10-12-13-6-3-4-8-20(13)17(19)16(12)15-9-11-5-1-2-7-14(11)21-15/h1-9H,19H2.